The Hall–Kier alpha value is -3.74. The van der Waals surface area contributed by atoms with Gasteiger partial charge in [-0.3, -0.25) is 9.59 Å². The summed E-state index contributed by atoms with van der Waals surface area (Å²) in [7, 11) is 1.47. The molecular formula is C25H22N2O5. The number of ether oxygens (including phenoxy) is 2. The molecule has 5 rings (SSSR count). The van der Waals surface area contributed by atoms with Gasteiger partial charge in [0.1, 0.15) is 0 Å². The number of amides is 2. The second-order valence-corrected chi connectivity index (χ2v) is 8.40. The fourth-order valence-electron chi connectivity index (χ4n) is 4.82. The van der Waals surface area contributed by atoms with Gasteiger partial charge in [-0.05, 0) is 61.1 Å². The molecule has 4 atom stereocenters. The second kappa shape index (κ2) is 7.75. The molecule has 3 aliphatic rings. The summed E-state index contributed by atoms with van der Waals surface area (Å²) in [6.07, 6.45) is 6.42. The lowest BCUT2D eigenvalue weighted by atomic mass is 9.85. The fourth-order valence-corrected chi connectivity index (χ4v) is 4.82. The molecule has 1 aliphatic heterocycles. The fraction of sp³-hybridized carbons (Fsp3) is 0.280. The summed E-state index contributed by atoms with van der Waals surface area (Å²) in [5.41, 5.74) is 2.09. The van der Waals surface area contributed by atoms with Gasteiger partial charge in [0.05, 0.1) is 30.7 Å². The molecule has 7 nitrogen and oxygen atoms in total. The first-order valence-corrected chi connectivity index (χ1v) is 10.5. The summed E-state index contributed by atoms with van der Waals surface area (Å²) >= 11 is 0. The minimum absolute atomic E-state index is 0.143. The highest BCUT2D eigenvalue weighted by Gasteiger charge is 2.59. The number of nitrogens with zero attached hydrogens (tertiary/aromatic N) is 2. The molecule has 2 aliphatic carbocycles. The third-order valence-electron chi connectivity index (χ3n) is 6.45. The van der Waals surface area contributed by atoms with E-state index in [0.29, 0.717) is 16.9 Å². The Bertz CT molecular complexity index is 1140. The van der Waals surface area contributed by atoms with E-state index in [0.717, 1.165) is 17.0 Å². The molecule has 0 unspecified atom stereocenters. The van der Waals surface area contributed by atoms with Crippen molar-refractivity contribution in [3.63, 3.8) is 0 Å². The van der Waals surface area contributed by atoms with Gasteiger partial charge >= 0.3 is 5.97 Å². The van der Waals surface area contributed by atoms with Crippen LogP contribution in [0.25, 0.3) is 0 Å². The van der Waals surface area contributed by atoms with Gasteiger partial charge in [0.15, 0.2) is 11.5 Å². The lowest BCUT2D eigenvalue weighted by molar-refractivity contribution is -0.140. The average Bonchev–Trinajstić information content (AvgIpc) is 3.48. The Kier molecular flexibility index (Phi) is 4.89. The van der Waals surface area contributed by atoms with Crippen LogP contribution in [0.4, 0.5) is 0 Å². The number of methoxy groups -OCH3 is 1. The first-order chi connectivity index (χ1) is 15.5. The van der Waals surface area contributed by atoms with E-state index in [1.807, 2.05) is 31.2 Å². The summed E-state index contributed by atoms with van der Waals surface area (Å²) in [4.78, 5) is 37.9. The van der Waals surface area contributed by atoms with Crippen molar-refractivity contribution in [2.24, 2.45) is 28.8 Å². The number of esters is 1. The first kappa shape index (κ1) is 20.2. The minimum atomic E-state index is -0.493. The zero-order valence-corrected chi connectivity index (χ0v) is 17.7. The average molecular weight is 430 g/mol. The van der Waals surface area contributed by atoms with E-state index >= 15 is 0 Å². The van der Waals surface area contributed by atoms with Crippen LogP contribution in [-0.4, -0.2) is 36.1 Å². The van der Waals surface area contributed by atoms with Crippen LogP contribution < -0.4 is 9.47 Å². The molecule has 0 spiro atoms. The van der Waals surface area contributed by atoms with Crippen LogP contribution in [0.1, 0.15) is 27.9 Å². The number of hydrazone groups is 1. The lowest BCUT2D eigenvalue weighted by Crippen LogP contribution is -2.28. The van der Waals surface area contributed by atoms with E-state index in [-0.39, 0.29) is 41.2 Å². The standard InChI is InChI=1S/C25H22N2O5/c1-14-3-6-16(7-4-14)25(30)32-19-10-5-15(11-20(19)31-2)13-26-27-23(28)21-17-8-9-18(12-17)22(21)24(27)29/h3-11,13,17-18,21-22H,12H2,1-2H3/t17-,18-,21-,22+/m0/s1. The van der Waals surface area contributed by atoms with Crippen LogP contribution in [0.2, 0.25) is 0 Å². The monoisotopic (exact) mass is 430 g/mol. The third-order valence-corrected chi connectivity index (χ3v) is 6.45. The van der Waals surface area contributed by atoms with Gasteiger partial charge in [0, 0.05) is 0 Å². The van der Waals surface area contributed by atoms with Crippen molar-refractivity contribution in [2.75, 3.05) is 7.11 Å². The molecule has 2 fully saturated rings. The number of carbonyl (C=O) groups excluding carboxylic acids is 3. The number of aryl methyl sites for hydroxylation is 1. The van der Waals surface area contributed by atoms with E-state index in [4.69, 9.17) is 9.47 Å². The molecule has 7 heteroatoms. The van der Waals surface area contributed by atoms with E-state index in [1.54, 1.807) is 30.3 Å². The maximum absolute atomic E-state index is 12.7. The normalized spacial score (nSPS) is 25.6. The summed E-state index contributed by atoms with van der Waals surface area (Å²) in [5.74, 6) is -0.637. The van der Waals surface area contributed by atoms with E-state index < -0.39 is 5.97 Å². The van der Waals surface area contributed by atoms with Crippen molar-refractivity contribution in [1.29, 1.82) is 0 Å². The number of imide groups is 1. The largest absolute Gasteiger partial charge is 0.493 e. The number of hydrogen-bond donors (Lipinski definition) is 0. The van der Waals surface area contributed by atoms with Crippen molar-refractivity contribution in [3.05, 3.63) is 71.3 Å². The molecule has 2 aromatic carbocycles. The molecule has 2 bridgehead atoms. The summed E-state index contributed by atoms with van der Waals surface area (Å²) < 4.78 is 10.8. The third kappa shape index (κ3) is 3.30. The number of fused-ring (bicyclic) bond motifs is 5. The van der Waals surface area contributed by atoms with Crippen molar-refractivity contribution in [1.82, 2.24) is 5.01 Å². The van der Waals surface area contributed by atoms with Gasteiger partial charge in [0.2, 0.25) is 0 Å². The molecule has 0 N–H and O–H groups in total. The Labute approximate surface area is 185 Å². The van der Waals surface area contributed by atoms with Crippen LogP contribution in [-0.2, 0) is 9.59 Å². The van der Waals surface area contributed by atoms with Gasteiger partial charge in [0.25, 0.3) is 11.8 Å². The van der Waals surface area contributed by atoms with Crippen LogP contribution in [0, 0.1) is 30.6 Å². The predicted octanol–water partition coefficient (Wildman–Crippen LogP) is 3.36. The lowest BCUT2D eigenvalue weighted by Gasteiger charge is -2.13. The second-order valence-electron chi connectivity index (χ2n) is 8.40. The molecule has 32 heavy (non-hydrogen) atoms. The molecule has 1 saturated heterocycles. The van der Waals surface area contributed by atoms with Crippen LogP contribution in [0.3, 0.4) is 0 Å². The maximum Gasteiger partial charge on any atom is 0.343 e. The summed E-state index contributed by atoms with van der Waals surface area (Å²) in [5, 5.41) is 5.17. The van der Waals surface area contributed by atoms with Crippen molar-refractivity contribution in [3.8, 4) is 11.5 Å². The van der Waals surface area contributed by atoms with Gasteiger partial charge < -0.3 is 9.47 Å². The Balaban J connectivity index is 1.31. The number of allylic oxidation sites excluding steroid dienone is 2. The van der Waals surface area contributed by atoms with Gasteiger partial charge in [-0.25, -0.2) is 4.79 Å². The van der Waals surface area contributed by atoms with E-state index in [9.17, 15) is 14.4 Å². The van der Waals surface area contributed by atoms with Crippen molar-refractivity contribution in [2.45, 2.75) is 13.3 Å². The van der Waals surface area contributed by atoms with Gasteiger partial charge in [-0.15, -0.1) is 0 Å². The smallest absolute Gasteiger partial charge is 0.343 e. The highest BCUT2D eigenvalue weighted by Crippen LogP contribution is 2.52. The summed E-state index contributed by atoms with van der Waals surface area (Å²) in [6, 6.07) is 12.0. The number of benzene rings is 2. The van der Waals surface area contributed by atoms with Crippen LogP contribution >= 0.6 is 0 Å². The highest BCUT2D eigenvalue weighted by atomic mass is 16.6. The Morgan fingerprint density at radius 3 is 2.28 bits per heavy atom. The highest BCUT2D eigenvalue weighted by molar-refractivity contribution is 6.06. The molecule has 1 saturated carbocycles. The van der Waals surface area contributed by atoms with E-state index in [2.05, 4.69) is 5.10 Å². The number of hydrogen-bond acceptors (Lipinski definition) is 6. The quantitative estimate of drug-likeness (QED) is 0.239. The zero-order valence-electron chi connectivity index (χ0n) is 17.7. The van der Waals surface area contributed by atoms with Gasteiger partial charge in [-0.1, -0.05) is 29.8 Å². The SMILES string of the molecule is COc1cc(C=NN2C(=O)[C@@H]3[C@H](C2=O)[C@H]2C=C[C@H]3C2)ccc1OC(=O)c1ccc(C)cc1. The molecular weight excluding hydrogens is 408 g/mol. The molecule has 2 amide bonds. The first-order valence-electron chi connectivity index (χ1n) is 10.5. The van der Waals surface area contributed by atoms with Crippen LogP contribution in [0.5, 0.6) is 11.5 Å². The topological polar surface area (TPSA) is 85.3 Å². The number of rotatable bonds is 5. The molecule has 0 radical (unpaired) electrons. The van der Waals surface area contributed by atoms with E-state index in [1.165, 1.54) is 13.3 Å². The number of carbonyl (C=O) groups is 3. The molecule has 2 aromatic rings. The zero-order chi connectivity index (χ0) is 22.4. The molecule has 1 heterocycles. The molecule has 162 valence electrons. The Morgan fingerprint density at radius 1 is 1.00 bits per heavy atom. The Morgan fingerprint density at radius 2 is 1.66 bits per heavy atom. The van der Waals surface area contributed by atoms with Crippen LogP contribution in [0.15, 0.2) is 59.7 Å². The molecule has 0 aromatic heterocycles. The summed E-state index contributed by atoms with van der Waals surface area (Å²) in [6.45, 7) is 1.94. The van der Waals surface area contributed by atoms with Crippen molar-refractivity contribution >= 4 is 24.0 Å². The van der Waals surface area contributed by atoms with Crippen molar-refractivity contribution < 1.29 is 23.9 Å². The maximum atomic E-state index is 12.7. The predicted molar refractivity (Wildman–Crippen MR) is 116 cm³/mol. The minimum Gasteiger partial charge on any atom is -0.493 e. The van der Waals surface area contributed by atoms with Gasteiger partial charge in [-0.2, -0.15) is 10.1 Å².